The van der Waals surface area contributed by atoms with Crippen LogP contribution in [-0.4, -0.2) is 0 Å². The predicted octanol–water partition coefficient (Wildman–Crippen LogP) is 3.18. The first kappa shape index (κ1) is 10.7. The Morgan fingerprint density at radius 2 is 2.31 bits per heavy atom. The monoisotopic (exact) mass is 287 g/mol. The van der Waals surface area contributed by atoms with E-state index in [4.69, 9.17) is 5.73 Å². The molecule has 0 aromatic heterocycles. The van der Waals surface area contributed by atoms with Crippen LogP contribution in [0.2, 0.25) is 0 Å². The topological polar surface area (TPSA) is 26.0 Å². The molecule has 2 heteroatoms. The van der Waals surface area contributed by atoms with Crippen LogP contribution >= 0.6 is 22.6 Å². The molecule has 70 valence electrons. The van der Waals surface area contributed by atoms with Gasteiger partial charge in [-0.05, 0) is 53.1 Å². The lowest BCUT2D eigenvalue weighted by Crippen LogP contribution is -2.09. The van der Waals surface area contributed by atoms with Crippen molar-refractivity contribution in [3.05, 3.63) is 45.6 Å². The molecule has 0 saturated carbocycles. The molecule has 1 aromatic carbocycles. The molecule has 1 aromatic rings. The summed E-state index contributed by atoms with van der Waals surface area (Å²) in [5, 5.41) is 0. The maximum absolute atomic E-state index is 5.95. The largest absolute Gasteiger partial charge is 0.324 e. The molecule has 2 N–H and O–H groups in total. The van der Waals surface area contributed by atoms with Crippen LogP contribution in [0.1, 0.15) is 23.6 Å². The van der Waals surface area contributed by atoms with Crippen molar-refractivity contribution in [3.8, 4) is 0 Å². The summed E-state index contributed by atoms with van der Waals surface area (Å²) in [6.07, 6.45) is 2.69. The summed E-state index contributed by atoms with van der Waals surface area (Å²) in [6.45, 7) is 5.79. The van der Waals surface area contributed by atoms with E-state index >= 15 is 0 Å². The van der Waals surface area contributed by atoms with Crippen molar-refractivity contribution in [1.82, 2.24) is 0 Å². The lowest BCUT2D eigenvalue weighted by atomic mass is 10.0. The fourth-order valence-corrected chi connectivity index (χ4v) is 1.55. The molecule has 0 aliphatic rings. The van der Waals surface area contributed by atoms with Gasteiger partial charge in [-0.3, -0.25) is 0 Å². The van der Waals surface area contributed by atoms with Crippen LogP contribution in [0.15, 0.2) is 30.9 Å². The molecule has 0 heterocycles. The highest BCUT2D eigenvalue weighted by Gasteiger charge is 2.04. The lowest BCUT2D eigenvalue weighted by Gasteiger charge is -2.10. The van der Waals surface area contributed by atoms with Crippen LogP contribution in [0.5, 0.6) is 0 Å². The minimum absolute atomic E-state index is 0.0909. The van der Waals surface area contributed by atoms with Gasteiger partial charge in [0.2, 0.25) is 0 Å². The minimum Gasteiger partial charge on any atom is -0.324 e. The van der Waals surface area contributed by atoms with Gasteiger partial charge < -0.3 is 5.73 Å². The van der Waals surface area contributed by atoms with E-state index in [1.54, 1.807) is 0 Å². The maximum Gasteiger partial charge on any atom is 0.0329 e. The van der Waals surface area contributed by atoms with Crippen molar-refractivity contribution in [2.75, 3.05) is 0 Å². The number of hydrogen-bond acceptors (Lipinski definition) is 1. The number of rotatable bonds is 3. The van der Waals surface area contributed by atoms with Gasteiger partial charge in [0.05, 0.1) is 0 Å². The van der Waals surface area contributed by atoms with Crippen molar-refractivity contribution in [2.45, 2.75) is 19.4 Å². The molecule has 1 unspecified atom stereocenters. The number of aryl methyl sites for hydroxylation is 1. The Morgan fingerprint density at radius 3 is 2.85 bits per heavy atom. The Kier molecular flexibility index (Phi) is 3.93. The first-order chi connectivity index (χ1) is 6.15. The van der Waals surface area contributed by atoms with Crippen LogP contribution in [0.3, 0.4) is 0 Å². The SMILES string of the molecule is C=CCC(N)c1ccc(I)c(C)c1. The molecule has 13 heavy (non-hydrogen) atoms. The van der Waals surface area contributed by atoms with Crippen molar-refractivity contribution in [1.29, 1.82) is 0 Å². The van der Waals surface area contributed by atoms with Gasteiger partial charge in [-0.15, -0.1) is 6.58 Å². The summed E-state index contributed by atoms with van der Waals surface area (Å²) in [5.41, 5.74) is 8.43. The summed E-state index contributed by atoms with van der Waals surface area (Å²) < 4.78 is 1.28. The average molecular weight is 287 g/mol. The second-order valence-corrected chi connectivity index (χ2v) is 4.30. The zero-order valence-corrected chi connectivity index (χ0v) is 9.91. The Hall–Kier alpha value is -0.350. The van der Waals surface area contributed by atoms with Crippen LogP contribution in [-0.2, 0) is 0 Å². The van der Waals surface area contributed by atoms with E-state index in [0.717, 1.165) is 6.42 Å². The van der Waals surface area contributed by atoms with Gasteiger partial charge in [-0.2, -0.15) is 0 Å². The number of halogens is 1. The molecule has 0 spiro atoms. The Labute approximate surface area is 93.2 Å². The molecule has 0 amide bonds. The first-order valence-corrected chi connectivity index (χ1v) is 5.35. The van der Waals surface area contributed by atoms with E-state index < -0.39 is 0 Å². The molecule has 1 atom stereocenters. The fourth-order valence-electron chi connectivity index (χ4n) is 1.21. The van der Waals surface area contributed by atoms with Gasteiger partial charge >= 0.3 is 0 Å². The quantitative estimate of drug-likeness (QED) is 0.670. The minimum atomic E-state index is 0.0909. The molecule has 0 bridgehead atoms. The normalized spacial score (nSPS) is 12.5. The Balaban J connectivity index is 2.89. The van der Waals surface area contributed by atoms with Crippen molar-refractivity contribution in [3.63, 3.8) is 0 Å². The second-order valence-electron chi connectivity index (χ2n) is 3.14. The lowest BCUT2D eigenvalue weighted by molar-refractivity contribution is 0.740. The van der Waals surface area contributed by atoms with Crippen LogP contribution < -0.4 is 5.73 Å². The summed E-state index contributed by atoms with van der Waals surface area (Å²) in [7, 11) is 0. The van der Waals surface area contributed by atoms with Gasteiger partial charge in [0.15, 0.2) is 0 Å². The van der Waals surface area contributed by atoms with E-state index in [2.05, 4.69) is 54.3 Å². The molecular formula is C11H14IN. The first-order valence-electron chi connectivity index (χ1n) is 4.27. The molecule has 0 radical (unpaired) electrons. The third kappa shape index (κ3) is 2.81. The third-order valence-electron chi connectivity index (χ3n) is 2.03. The summed E-state index contributed by atoms with van der Waals surface area (Å²) in [6, 6.07) is 6.43. The smallest absolute Gasteiger partial charge is 0.0329 e. The molecule has 1 rings (SSSR count). The molecule has 0 saturated heterocycles. The average Bonchev–Trinajstić information content (AvgIpc) is 2.10. The molecule has 0 aliphatic carbocycles. The highest BCUT2D eigenvalue weighted by Crippen LogP contribution is 2.19. The van der Waals surface area contributed by atoms with Crippen molar-refractivity contribution in [2.24, 2.45) is 5.73 Å². The Bertz CT molecular complexity index is 307. The van der Waals surface area contributed by atoms with Crippen LogP contribution in [0.25, 0.3) is 0 Å². The highest BCUT2D eigenvalue weighted by atomic mass is 127. The summed E-state index contributed by atoms with van der Waals surface area (Å²) >= 11 is 2.32. The Morgan fingerprint density at radius 1 is 1.62 bits per heavy atom. The zero-order chi connectivity index (χ0) is 9.84. The van der Waals surface area contributed by atoms with E-state index in [9.17, 15) is 0 Å². The van der Waals surface area contributed by atoms with Gasteiger partial charge in [-0.1, -0.05) is 18.2 Å². The van der Waals surface area contributed by atoms with Crippen LogP contribution in [0, 0.1) is 10.5 Å². The fraction of sp³-hybridized carbons (Fsp3) is 0.273. The van der Waals surface area contributed by atoms with Crippen molar-refractivity contribution < 1.29 is 0 Å². The third-order valence-corrected chi connectivity index (χ3v) is 3.24. The van der Waals surface area contributed by atoms with E-state index in [1.165, 1.54) is 14.7 Å². The summed E-state index contributed by atoms with van der Waals surface area (Å²) in [4.78, 5) is 0. The van der Waals surface area contributed by atoms with Gasteiger partial charge in [0.1, 0.15) is 0 Å². The predicted molar refractivity (Wildman–Crippen MR) is 65.6 cm³/mol. The van der Waals surface area contributed by atoms with E-state index in [1.807, 2.05) is 6.08 Å². The van der Waals surface area contributed by atoms with E-state index in [0.29, 0.717) is 0 Å². The van der Waals surface area contributed by atoms with E-state index in [-0.39, 0.29) is 6.04 Å². The molecule has 0 fully saturated rings. The standard InChI is InChI=1S/C11H14IN/c1-3-4-11(13)9-5-6-10(12)8(2)7-9/h3,5-7,11H,1,4,13H2,2H3. The maximum atomic E-state index is 5.95. The number of benzene rings is 1. The summed E-state index contributed by atoms with van der Waals surface area (Å²) in [5.74, 6) is 0. The van der Waals surface area contributed by atoms with Gasteiger partial charge in [0, 0.05) is 9.61 Å². The molecule has 0 aliphatic heterocycles. The van der Waals surface area contributed by atoms with Gasteiger partial charge in [-0.25, -0.2) is 0 Å². The molecular weight excluding hydrogens is 273 g/mol. The van der Waals surface area contributed by atoms with Crippen molar-refractivity contribution >= 4 is 22.6 Å². The highest BCUT2D eigenvalue weighted by molar-refractivity contribution is 14.1. The number of hydrogen-bond donors (Lipinski definition) is 1. The molecule has 1 nitrogen and oxygen atoms in total. The zero-order valence-electron chi connectivity index (χ0n) is 7.76. The second kappa shape index (κ2) is 4.77. The van der Waals surface area contributed by atoms with Gasteiger partial charge in [0.25, 0.3) is 0 Å². The van der Waals surface area contributed by atoms with Crippen LogP contribution in [0.4, 0.5) is 0 Å². The number of nitrogens with two attached hydrogens (primary N) is 1.